The lowest BCUT2D eigenvalue weighted by molar-refractivity contribution is -0.138. The second-order valence-corrected chi connectivity index (χ2v) is 9.91. The molecule has 1 saturated heterocycles. The Kier molecular flexibility index (Phi) is 7.82. The molecule has 2 aliphatic heterocycles. The maximum absolute atomic E-state index is 13.9. The fourth-order valence-corrected chi connectivity index (χ4v) is 4.62. The molecule has 0 unspecified atom stereocenters. The largest absolute Gasteiger partial charge is 0.416 e. The second-order valence-electron chi connectivity index (χ2n) is 9.91. The molecule has 1 aromatic heterocycles. The number of carbonyl (C=O) groups excluding carboxylic acids is 1. The van der Waals surface area contributed by atoms with Crippen molar-refractivity contribution in [2.45, 2.75) is 19.6 Å². The molecule has 3 N–H and O–H groups in total. The smallest absolute Gasteiger partial charge is 0.377 e. The summed E-state index contributed by atoms with van der Waals surface area (Å²) in [6.45, 7) is 5.81. The van der Waals surface area contributed by atoms with E-state index in [2.05, 4.69) is 37.8 Å². The fourth-order valence-electron chi connectivity index (χ4n) is 4.62. The first-order valence-electron chi connectivity index (χ1n) is 13.0. The summed E-state index contributed by atoms with van der Waals surface area (Å²) in [6, 6.07) is 13.5. The topological polar surface area (TPSA) is 76.9 Å². The van der Waals surface area contributed by atoms with Gasteiger partial charge in [0.25, 0.3) is 0 Å². The number of amides is 2. The maximum Gasteiger partial charge on any atom is 0.416 e. The number of halogens is 3. The van der Waals surface area contributed by atoms with Gasteiger partial charge in [-0.15, -0.1) is 0 Å². The molecule has 2 aliphatic rings. The van der Waals surface area contributed by atoms with E-state index in [9.17, 15) is 18.0 Å². The van der Waals surface area contributed by atoms with Crippen LogP contribution < -0.4 is 16.0 Å². The van der Waals surface area contributed by atoms with Gasteiger partial charge in [0.2, 0.25) is 0 Å². The first-order chi connectivity index (χ1) is 19.2. The minimum Gasteiger partial charge on any atom is -0.377 e. The van der Waals surface area contributed by atoms with Crippen molar-refractivity contribution in [3.05, 3.63) is 70.9 Å². The summed E-state index contributed by atoms with van der Waals surface area (Å²) in [7, 11) is 2.00. The molecule has 2 amide bonds. The van der Waals surface area contributed by atoms with E-state index in [0.29, 0.717) is 30.9 Å². The maximum atomic E-state index is 13.9. The summed E-state index contributed by atoms with van der Waals surface area (Å²) in [5, 5.41) is 8.44. The lowest BCUT2D eigenvalue weighted by Crippen LogP contribution is -2.44. The number of nitrogens with one attached hydrogen (secondary N) is 3. The summed E-state index contributed by atoms with van der Waals surface area (Å²) in [4.78, 5) is 21.2. The summed E-state index contributed by atoms with van der Waals surface area (Å²) in [5.41, 5.74) is 2.48. The quantitative estimate of drug-likeness (QED) is 0.392. The van der Waals surface area contributed by atoms with E-state index in [1.165, 1.54) is 12.1 Å². The predicted molar refractivity (Wildman–Crippen MR) is 151 cm³/mol. The number of fused-ring (bicyclic) bond motifs is 1. The van der Waals surface area contributed by atoms with Crippen molar-refractivity contribution in [2.75, 3.05) is 55.7 Å². The Labute approximate surface area is 230 Å². The van der Waals surface area contributed by atoms with Crippen molar-refractivity contribution < 1.29 is 18.0 Å². The number of benzene rings is 2. The van der Waals surface area contributed by atoms with Crippen LogP contribution in [0.2, 0.25) is 0 Å². The molecule has 8 nitrogen and oxygen atoms in total. The van der Waals surface area contributed by atoms with Crippen LogP contribution in [0.4, 0.5) is 40.8 Å². The number of aryl methyl sites for hydroxylation is 1. The average Bonchev–Trinajstić information content (AvgIpc) is 3.33. The zero-order valence-corrected chi connectivity index (χ0v) is 22.3. The van der Waals surface area contributed by atoms with Crippen LogP contribution in [0.25, 0.3) is 0 Å². The molecular formula is C29H30F3N7O. The van der Waals surface area contributed by atoms with Crippen molar-refractivity contribution in [3.63, 3.8) is 0 Å². The molecular weight excluding hydrogens is 519 g/mol. The van der Waals surface area contributed by atoms with E-state index in [4.69, 9.17) is 0 Å². The number of hydrogen-bond donors (Lipinski definition) is 3. The van der Waals surface area contributed by atoms with Crippen LogP contribution in [-0.4, -0.2) is 66.4 Å². The first kappa shape index (κ1) is 27.3. The monoisotopic (exact) mass is 549 g/mol. The molecule has 11 heteroatoms. The molecule has 208 valence electrons. The predicted octanol–water partition coefficient (Wildman–Crippen LogP) is 5.19. The molecule has 3 aromatic rings. The van der Waals surface area contributed by atoms with Crippen molar-refractivity contribution in [3.8, 4) is 12.0 Å². The van der Waals surface area contributed by atoms with Gasteiger partial charge in [-0.05, 0) is 61.4 Å². The number of rotatable bonds is 4. The summed E-state index contributed by atoms with van der Waals surface area (Å²) >= 11 is 0. The lowest BCUT2D eigenvalue weighted by Gasteiger charge is -2.33. The van der Waals surface area contributed by atoms with Gasteiger partial charge in [0.1, 0.15) is 0 Å². The van der Waals surface area contributed by atoms with E-state index in [-0.39, 0.29) is 17.8 Å². The van der Waals surface area contributed by atoms with Gasteiger partial charge in [-0.1, -0.05) is 12.1 Å². The van der Waals surface area contributed by atoms with Gasteiger partial charge >= 0.3 is 12.2 Å². The molecule has 0 saturated carbocycles. The molecule has 2 aromatic carbocycles. The fraction of sp³-hybridized carbons (Fsp3) is 0.310. The summed E-state index contributed by atoms with van der Waals surface area (Å²) in [5.74, 6) is 3.82. The van der Waals surface area contributed by atoms with Crippen LogP contribution >= 0.6 is 0 Å². The molecule has 0 bridgehead atoms. The SMILES string of the molecule is Cc1ccc(NC(=O)Nc2ccc(CN3CCN(C)CC3)c(C(F)(F)F)c2)cc1C#Cn1ccc2c1N=CCN2. The number of urea groups is 1. The third-order valence-corrected chi connectivity index (χ3v) is 6.93. The number of nitrogens with zero attached hydrogens (tertiary/aromatic N) is 4. The van der Waals surface area contributed by atoms with Gasteiger partial charge in [0.05, 0.1) is 17.8 Å². The standard InChI is InChI=1S/C29H30F3N7O/c1-20-3-5-23(17-21(20)7-11-39-12-8-26-27(39)34-10-9-33-26)35-28(40)36-24-6-4-22(25(18-24)29(30,31)32)19-38-15-13-37(2)14-16-38/h3-6,8,10,12,17-18,33H,9,13-16,19H2,1-2H3,(H2,35,36,40). The van der Waals surface area contributed by atoms with E-state index in [0.717, 1.165) is 36.2 Å². The molecule has 0 atom stereocenters. The molecule has 40 heavy (non-hydrogen) atoms. The lowest BCUT2D eigenvalue weighted by atomic mass is 10.0. The van der Waals surface area contributed by atoms with Crippen LogP contribution in [0, 0.1) is 18.9 Å². The highest BCUT2D eigenvalue weighted by molar-refractivity contribution is 6.00. The number of aromatic nitrogens is 1. The molecule has 1 fully saturated rings. The highest BCUT2D eigenvalue weighted by atomic mass is 19.4. The van der Waals surface area contributed by atoms with Crippen LogP contribution in [0.5, 0.6) is 0 Å². The van der Waals surface area contributed by atoms with Gasteiger partial charge in [0.15, 0.2) is 5.82 Å². The van der Waals surface area contributed by atoms with E-state index in [1.807, 2.05) is 37.2 Å². The Morgan fingerprint density at radius 1 is 1.05 bits per heavy atom. The van der Waals surface area contributed by atoms with E-state index in [1.54, 1.807) is 22.9 Å². The number of likely N-dealkylation sites (N-methyl/N-ethyl adjacent to an activating group) is 1. The van der Waals surface area contributed by atoms with Crippen LogP contribution in [-0.2, 0) is 12.7 Å². The normalized spacial score (nSPS) is 15.5. The number of anilines is 3. The highest BCUT2D eigenvalue weighted by Crippen LogP contribution is 2.35. The van der Waals surface area contributed by atoms with E-state index < -0.39 is 17.8 Å². The minimum atomic E-state index is -4.54. The van der Waals surface area contributed by atoms with Crippen molar-refractivity contribution >= 4 is 35.1 Å². The first-order valence-corrected chi connectivity index (χ1v) is 13.0. The van der Waals surface area contributed by atoms with Crippen LogP contribution in [0.15, 0.2) is 53.7 Å². The van der Waals surface area contributed by atoms with Crippen LogP contribution in [0.3, 0.4) is 0 Å². The summed E-state index contributed by atoms with van der Waals surface area (Å²) < 4.78 is 43.4. The van der Waals surface area contributed by atoms with Crippen molar-refractivity contribution in [1.82, 2.24) is 14.4 Å². The summed E-state index contributed by atoms with van der Waals surface area (Å²) in [6.07, 6.45) is -0.946. The minimum absolute atomic E-state index is 0.0608. The molecule has 0 spiro atoms. The third-order valence-electron chi connectivity index (χ3n) is 6.93. The van der Waals surface area contributed by atoms with Gasteiger partial charge in [-0.2, -0.15) is 13.2 Å². The molecule has 5 rings (SSSR count). The molecule has 0 aliphatic carbocycles. The zero-order chi connectivity index (χ0) is 28.3. The number of hydrogen-bond acceptors (Lipinski definition) is 5. The van der Waals surface area contributed by atoms with Gasteiger partial charge in [-0.25, -0.2) is 9.79 Å². The molecule has 3 heterocycles. The average molecular weight is 550 g/mol. The Balaban J connectivity index is 1.27. The van der Waals surface area contributed by atoms with E-state index >= 15 is 0 Å². The second kappa shape index (κ2) is 11.5. The van der Waals surface area contributed by atoms with Gasteiger partial charge < -0.3 is 20.9 Å². The Morgan fingerprint density at radius 2 is 1.77 bits per heavy atom. The number of aliphatic imine (C=N–C) groups is 1. The van der Waals surface area contributed by atoms with Gasteiger partial charge in [-0.3, -0.25) is 9.47 Å². The third kappa shape index (κ3) is 6.47. The Bertz CT molecular complexity index is 1490. The molecule has 0 radical (unpaired) electrons. The Hall–Kier alpha value is -4.27. The van der Waals surface area contributed by atoms with Crippen molar-refractivity contribution in [1.29, 1.82) is 0 Å². The number of alkyl halides is 3. The number of piperazine rings is 1. The highest BCUT2D eigenvalue weighted by Gasteiger charge is 2.34. The van der Waals surface area contributed by atoms with Crippen LogP contribution in [0.1, 0.15) is 22.3 Å². The zero-order valence-electron chi connectivity index (χ0n) is 22.3. The van der Waals surface area contributed by atoms with Gasteiger partial charge in [0, 0.05) is 68.1 Å². The Morgan fingerprint density at radius 3 is 2.52 bits per heavy atom. The number of carbonyl (C=O) groups is 1. The van der Waals surface area contributed by atoms with Crippen molar-refractivity contribution in [2.24, 2.45) is 4.99 Å².